The van der Waals surface area contributed by atoms with Gasteiger partial charge in [-0.05, 0) is 35.9 Å². The number of hydrogen-bond acceptors (Lipinski definition) is 2. The van der Waals surface area contributed by atoms with E-state index in [1.807, 2.05) is 60.3 Å². The molecule has 3 aromatic rings. The molecule has 1 heterocycles. The second-order valence-electron chi connectivity index (χ2n) is 7.33. The fourth-order valence-corrected chi connectivity index (χ4v) is 3.53. The van der Waals surface area contributed by atoms with E-state index in [1.54, 1.807) is 35.2 Å². The van der Waals surface area contributed by atoms with E-state index in [4.69, 9.17) is 11.6 Å². The van der Waals surface area contributed by atoms with Crippen LogP contribution in [0.15, 0.2) is 85.6 Å². The number of halogens is 1. The number of nitrogens with zero attached hydrogens (tertiary/aromatic N) is 3. The second kappa shape index (κ2) is 10.6. The lowest BCUT2D eigenvalue weighted by Gasteiger charge is -2.27. The van der Waals surface area contributed by atoms with Crippen LogP contribution in [0.25, 0.3) is 0 Å². The van der Waals surface area contributed by atoms with E-state index in [9.17, 15) is 9.59 Å². The van der Waals surface area contributed by atoms with Gasteiger partial charge >= 0.3 is 0 Å². The number of benzene rings is 2. The number of hydrogen-bond donors (Lipinski definition) is 0. The average Bonchev–Trinajstić information content (AvgIpc) is 3.17. The molecule has 0 unspecified atom stereocenters. The lowest BCUT2D eigenvalue weighted by atomic mass is 10.2. The van der Waals surface area contributed by atoms with Crippen molar-refractivity contribution >= 4 is 23.4 Å². The fraction of sp³-hybridized carbons (Fsp3) is 0.200. The predicted octanol–water partition coefficient (Wildman–Crippen LogP) is 4.54. The van der Waals surface area contributed by atoms with Gasteiger partial charge in [0, 0.05) is 42.6 Å². The van der Waals surface area contributed by atoms with Crippen molar-refractivity contribution < 1.29 is 9.59 Å². The van der Waals surface area contributed by atoms with Crippen molar-refractivity contribution in [2.24, 2.45) is 7.05 Å². The number of aryl methyl sites for hydroxylation is 1. The summed E-state index contributed by atoms with van der Waals surface area (Å²) < 4.78 is 1.99. The normalized spacial score (nSPS) is 10.5. The van der Waals surface area contributed by atoms with Crippen LogP contribution in [0.2, 0.25) is 5.02 Å². The van der Waals surface area contributed by atoms with Gasteiger partial charge in [0.2, 0.25) is 5.91 Å². The lowest BCUT2D eigenvalue weighted by Crippen LogP contribution is -2.42. The molecule has 0 radical (unpaired) electrons. The van der Waals surface area contributed by atoms with Crippen molar-refractivity contribution in [3.8, 4) is 0 Å². The third-order valence-corrected chi connectivity index (χ3v) is 5.24. The Balaban J connectivity index is 1.81. The largest absolute Gasteiger partial charge is 0.353 e. The van der Waals surface area contributed by atoms with Crippen LogP contribution in [0.3, 0.4) is 0 Å². The Kier molecular flexibility index (Phi) is 7.68. The lowest BCUT2D eigenvalue weighted by molar-refractivity contribution is -0.133. The minimum atomic E-state index is -0.255. The average molecular weight is 436 g/mol. The molecule has 3 rings (SSSR count). The molecule has 2 amide bonds. The summed E-state index contributed by atoms with van der Waals surface area (Å²) in [6.45, 7) is 4.86. The summed E-state index contributed by atoms with van der Waals surface area (Å²) >= 11 is 6.04. The maximum Gasteiger partial charge on any atom is 0.254 e. The minimum Gasteiger partial charge on any atom is -0.353 e. The van der Waals surface area contributed by atoms with Crippen molar-refractivity contribution in [1.82, 2.24) is 14.4 Å². The van der Waals surface area contributed by atoms with E-state index in [0.717, 1.165) is 11.3 Å². The molecule has 0 fully saturated rings. The third kappa shape index (κ3) is 6.09. The SMILES string of the molecule is C=CCN(CC(=O)N(Cc1ccccc1)Cc1cccn1C)C(=O)c1cccc(Cl)c1. The Morgan fingerprint density at radius 2 is 1.77 bits per heavy atom. The minimum absolute atomic E-state index is 0.0470. The van der Waals surface area contributed by atoms with E-state index >= 15 is 0 Å². The molecule has 160 valence electrons. The quantitative estimate of drug-likeness (QED) is 0.463. The molecule has 0 saturated heterocycles. The molecule has 0 aliphatic rings. The zero-order valence-corrected chi connectivity index (χ0v) is 18.3. The molecule has 0 spiro atoms. The van der Waals surface area contributed by atoms with Gasteiger partial charge in [0.1, 0.15) is 6.54 Å². The van der Waals surface area contributed by atoms with Crippen LogP contribution >= 0.6 is 11.6 Å². The fourth-order valence-electron chi connectivity index (χ4n) is 3.33. The maximum absolute atomic E-state index is 13.3. The van der Waals surface area contributed by atoms with Gasteiger partial charge in [0.05, 0.1) is 6.54 Å². The molecule has 0 atom stereocenters. The van der Waals surface area contributed by atoms with Gasteiger partial charge in [-0.25, -0.2) is 0 Å². The molecule has 31 heavy (non-hydrogen) atoms. The van der Waals surface area contributed by atoms with Gasteiger partial charge in [-0.3, -0.25) is 9.59 Å². The van der Waals surface area contributed by atoms with E-state index < -0.39 is 0 Å². The maximum atomic E-state index is 13.3. The molecule has 0 N–H and O–H groups in total. The number of amides is 2. The van der Waals surface area contributed by atoms with E-state index in [0.29, 0.717) is 23.7 Å². The van der Waals surface area contributed by atoms with Crippen LogP contribution in [-0.4, -0.2) is 39.3 Å². The highest BCUT2D eigenvalue weighted by Crippen LogP contribution is 2.15. The summed E-state index contributed by atoms with van der Waals surface area (Å²) in [6.07, 6.45) is 3.57. The highest BCUT2D eigenvalue weighted by atomic mass is 35.5. The predicted molar refractivity (Wildman–Crippen MR) is 124 cm³/mol. The Morgan fingerprint density at radius 3 is 2.42 bits per heavy atom. The number of carbonyl (C=O) groups excluding carboxylic acids is 2. The molecule has 0 aliphatic heterocycles. The number of carbonyl (C=O) groups is 2. The smallest absolute Gasteiger partial charge is 0.254 e. The van der Waals surface area contributed by atoms with Crippen LogP contribution in [-0.2, 0) is 24.9 Å². The highest BCUT2D eigenvalue weighted by molar-refractivity contribution is 6.31. The Morgan fingerprint density at radius 1 is 1.00 bits per heavy atom. The van der Waals surface area contributed by atoms with Crippen LogP contribution < -0.4 is 0 Å². The topological polar surface area (TPSA) is 45.6 Å². The number of aromatic nitrogens is 1. The van der Waals surface area contributed by atoms with Crippen molar-refractivity contribution in [2.45, 2.75) is 13.1 Å². The molecular formula is C25H26ClN3O2. The molecule has 5 nitrogen and oxygen atoms in total. The van der Waals surface area contributed by atoms with E-state index in [2.05, 4.69) is 6.58 Å². The first-order valence-corrected chi connectivity index (χ1v) is 10.4. The first kappa shape index (κ1) is 22.4. The van der Waals surface area contributed by atoms with Crippen LogP contribution in [0.1, 0.15) is 21.6 Å². The Hall–Kier alpha value is -3.31. The summed E-state index contributed by atoms with van der Waals surface area (Å²) in [6, 6.07) is 20.5. The summed E-state index contributed by atoms with van der Waals surface area (Å²) in [5, 5.41) is 0.477. The van der Waals surface area contributed by atoms with Crippen molar-refractivity contribution in [1.29, 1.82) is 0 Å². The van der Waals surface area contributed by atoms with E-state index in [1.165, 1.54) is 4.90 Å². The molecular weight excluding hydrogens is 410 g/mol. The summed E-state index contributed by atoms with van der Waals surface area (Å²) in [5.74, 6) is -0.392. The van der Waals surface area contributed by atoms with Gasteiger partial charge in [-0.2, -0.15) is 0 Å². The zero-order chi connectivity index (χ0) is 22.2. The summed E-state index contributed by atoms with van der Waals surface area (Å²) in [5.41, 5.74) is 2.49. The molecule has 2 aromatic carbocycles. The van der Waals surface area contributed by atoms with E-state index in [-0.39, 0.29) is 24.9 Å². The Bertz CT molecular complexity index is 1050. The first-order chi connectivity index (χ1) is 15.0. The van der Waals surface area contributed by atoms with Gasteiger partial charge < -0.3 is 14.4 Å². The standard InChI is InChI=1S/C25H26ClN3O2/c1-3-14-28(25(31)21-11-7-12-22(26)16-21)19-24(30)29(17-20-9-5-4-6-10-20)18-23-13-8-15-27(23)2/h3-13,15-16H,1,14,17-19H2,2H3. The number of rotatable bonds is 9. The van der Waals surface area contributed by atoms with Gasteiger partial charge in [-0.1, -0.05) is 54.1 Å². The summed E-state index contributed by atoms with van der Waals surface area (Å²) in [4.78, 5) is 29.6. The van der Waals surface area contributed by atoms with Crippen LogP contribution in [0.5, 0.6) is 0 Å². The Labute approximate surface area is 188 Å². The highest BCUT2D eigenvalue weighted by Gasteiger charge is 2.22. The molecule has 0 aliphatic carbocycles. The van der Waals surface area contributed by atoms with Crippen molar-refractivity contribution in [3.05, 3.63) is 107 Å². The van der Waals surface area contributed by atoms with Crippen molar-refractivity contribution in [3.63, 3.8) is 0 Å². The third-order valence-electron chi connectivity index (χ3n) is 5.01. The molecule has 0 saturated carbocycles. The van der Waals surface area contributed by atoms with Crippen LogP contribution in [0.4, 0.5) is 0 Å². The monoisotopic (exact) mass is 435 g/mol. The van der Waals surface area contributed by atoms with Crippen LogP contribution in [0, 0.1) is 0 Å². The molecule has 6 heteroatoms. The second-order valence-corrected chi connectivity index (χ2v) is 7.77. The van der Waals surface area contributed by atoms with Gasteiger partial charge in [0.25, 0.3) is 5.91 Å². The van der Waals surface area contributed by atoms with Crippen molar-refractivity contribution in [2.75, 3.05) is 13.1 Å². The molecule has 0 bridgehead atoms. The summed E-state index contributed by atoms with van der Waals surface area (Å²) in [7, 11) is 1.95. The van der Waals surface area contributed by atoms with Gasteiger partial charge in [0.15, 0.2) is 0 Å². The zero-order valence-electron chi connectivity index (χ0n) is 17.6. The molecule has 1 aromatic heterocycles. The van der Waals surface area contributed by atoms with Gasteiger partial charge in [-0.15, -0.1) is 6.58 Å². The first-order valence-electron chi connectivity index (χ1n) is 10.1.